The quantitative estimate of drug-likeness (QED) is 0.516. The highest BCUT2D eigenvalue weighted by Gasteiger charge is 2.36. The van der Waals surface area contributed by atoms with E-state index in [0.29, 0.717) is 10.6 Å². The average molecular weight is 402 g/mol. The van der Waals surface area contributed by atoms with Crippen LogP contribution in [0.3, 0.4) is 0 Å². The van der Waals surface area contributed by atoms with E-state index in [0.717, 1.165) is 5.39 Å². The molecule has 0 bridgehead atoms. The van der Waals surface area contributed by atoms with Crippen molar-refractivity contribution in [2.24, 2.45) is 0 Å². The van der Waals surface area contributed by atoms with Crippen molar-refractivity contribution in [2.75, 3.05) is 0 Å². The van der Waals surface area contributed by atoms with E-state index < -0.39 is 24.6 Å². The van der Waals surface area contributed by atoms with Crippen molar-refractivity contribution in [3.8, 4) is 5.75 Å². The number of hydrogen-bond acceptors (Lipinski definition) is 6. The molecule has 26 heavy (non-hydrogen) atoms. The average Bonchev–Trinajstić information content (AvgIpc) is 2.52. The first-order valence-electron chi connectivity index (χ1n) is 7.86. The summed E-state index contributed by atoms with van der Waals surface area (Å²) in [7, 11) is 0. The molecule has 0 amide bonds. The van der Waals surface area contributed by atoms with Gasteiger partial charge in [0.05, 0.1) is 5.60 Å². The Morgan fingerprint density at radius 1 is 1.19 bits per heavy atom. The number of carbonyl (C=O) groups is 1. The third kappa shape index (κ3) is 5.69. The molecule has 1 unspecified atom stereocenters. The molecule has 0 aliphatic heterocycles. The summed E-state index contributed by atoms with van der Waals surface area (Å²) in [6.45, 7) is 2.11. The van der Waals surface area contributed by atoms with Gasteiger partial charge < -0.3 is 9.63 Å². The molecule has 0 aromatic heterocycles. The molecule has 2 atom stereocenters. The lowest BCUT2D eigenvalue weighted by atomic mass is 10.1. The molecule has 0 aliphatic rings. The molecule has 142 valence electrons. The van der Waals surface area contributed by atoms with Crippen molar-refractivity contribution in [1.29, 1.82) is 0 Å². The van der Waals surface area contributed by atoms with Crippen molar-refractivity contribution >= 4 is 34.9 Å². The maximum atomic E-state index is 12.7. The standard InChI is InChI=1S/C17H21ClNO6P/c1-12(16(20)21)19(24-17(2,3)4)25-26(18,22)23-15-11-7-9-13-8-5-6-10-14(13)15/h5-12H,1-4H3,(H,20,21)/t12-,26?/m0/s1. The number of nitrogens with zero attached hydrogens (tertiary/aromatic N) is 1. The normalized spacial score (nSPS) is 15.6. The molecule has 0 saturated carbocycles. The van der Waals surface area contributed by atoms with E-state index in [1.165, 1.54) is 6.92 Å². The molecule has 0 fully saturated rings. The van der Waals surface area contributed by atoms with Crippen LogP contribution in [0.15, 0.2) is 42.5 Å². The fraction of sp³-hybridized carbons (Fsp3) is 0.353. The summed E-state index contributed by atoms with van der Waals surface area (Å²) >= 11 is 5.94. The smallest absolute Gasteiger partial charge is 0.480 e. The second-order valence-electron chi connectivity index (χ2n) is 6.58. The second kappa shape index (κ2) is 7.94. The Morgan fingerprint density at radius 2 is 1.81 bits per heavy atom. The van der Waals surface area contributed by atoms with Crippen LogP contribution >= 0.6 is 18.2 Å². The Balaban J connectivity index is 2.26. The Kier molecular flexibility index (Phi) is 6.32. The van der Waals surface area contributed by atoms with Crippen LogP contribution < -0.4 is 4.52 Å². The first-order chi connectivity index (χ1) is 12.0. The molecule has 9 heteroatoms. The van der Waals surface area contributed by atoms with Crippen LogP contribution in [0.4, 0.5) is 0 Å². The van der Waals surface area contributed by atoms with E-state index >= 15 is 0 Å². The van der Waals surface area contributed by atoms with Gasteiger partial charge in [-0.1, -0.05) is 36.4 Å². The zero-order valence-electron chi connectivity index (χ0n) is 14.9. The number of carboxylic acids is 1. The van der Waals surface area contributed by atoms with Crippen LogP contribution in [0.25, 0.3) is 10.8 Å². The number of halogens is 1. The number of hydroxylamine groups is 2. The Morgan fingerprint density at radius 3 is 2.42 bits per heavy atom. The molecule has 0 spiro atoms. The summed E-state index contributed by atoms with van der Waals surface area (Å²) < 4.78 is 23.1. The minimum Gasteiger partial charge on any atom is -0.480 e. The van der Waals surface area contributed by atoms with E-state index in [4.69, 9.17) is 25.2 Å². The minimum atomic E-state index is -4.24. The van der Waals surface area contributed by atoms with Gasteiger partial charge in [-0.05, 0) is 44.4 Å². The van der Waals surface area contributed by atoms with Gasteiger partial charge in [0, 0.05) is 16.6 Å². The van der Waals surface area contributed by atoms with Gasteiger partial charge in [0.1, 0.15) is 5.75 Å². The Hall–Kier alpha value is -1.63. The molecule has 0 heterocycles. The third-order valence-electron chi connectivity index (χ3n) is 3.17. The second-order valence-corrected chi connectivity index (χ2v) is 9.03. The van der Waals surface area contributed by atoms with Crippen LogP contribution in [0.5, 0.6) is 5.75 Å². The number of rotatable bonds is 7. The van der Waals surface area contributed by atoms with Crippen molar-refractivity contribution in [3.05, 3.63) is 42.5 Å². The van der Waals surface area contributed by atoms with Crippen LogP contribution in [-0.2, 0) is 18.8 Å². The molecule has 1 N–H and O–H groups in total. The Bertz CT molecular complexity index is 832. The lowest BCUT2D eigenvalue weighted by Crippen LogP contribution is -2.43. The summed E-state index contributed by atoms with van der Waals surface area (Å²) in [4.78, 5) is 16.7. The monoisotopic (exact) mass is 401 g/mol. The summed E-state index contributed by atoms with van der Waals surface area (Å²) in [5, 5.41) is 11.4. The zero-order valence-corrected chi connectivity index (χ0v) is 16.5. The predicted molar refractivity (Wildman–Crippen MR) is 98.9 cm³/mol. The lowest BCUT2D eigenvalue weighted by molar-refractivity contribution is -0.372. The SMILES string of the molecule is C[C@@H](C(=O)O)N(OC(C)(C)C)OP(=O)(Cl)Oc1cccc2ccccc12. The van der Waals surface area contributed by atoms with E-state index in [9.17, 15) is 14.5 Å². The molecular weight excluding hydrogens is 381 g/mol. The third-order valence-corrected chi connectivity index (χ3v) is 4.34. The van der Waals surface area contributed by atoms with Crippen LogP contribution in [-0.4, -0.2) is 27.9 Å². The van der Waals surface area contributed by atoms with Crippen molar-refractivity contribution < 1.29 is 28.5 Å². The van der Waals surface area contributed by atoms with E-state index in [2.05, 4.69) is 0 Å². The lowest BCUT2D eigenvalue weighted by Gasteiger charge is -2.31. The summed E-state index contributed by atoms with van der Waals surface area (Å²) in [5.74, 6) is -0.990. The van der Waals surface area contributed by atoms with Gasteiger partial charge in [-0.15, -0.1) is 0 Å². The van der Waals surface area contributed by atoms with Crippen molar-refractivity contribution in [2.45, 2.75) is 39.3 Å². The minimum absolute atomic E-state index is 0.250. The van der Waals surface area contributed by atoms with Gasteiger partial charge in [0.25, 0.3) is 0 Å². The molecule has 0 saturated heterocycles. The molecule has 0 radical (unpaired) electrons. The van der Waals surface area contributed by atoms with Gasteiger partial charge in [-0.25, -0.2) is 4.57 Å². The molecule has 0 aliphatic carbocycles. The van der Waals surface area contributed by atoms with Gasteiger partial charge in [0.2, 0.25) is 0 Å². The van der Waals surface area contributed by atoms with Crippen LogP contribution in [0, 0.1) is 0 Å². The maximum absolute atomic E-state index is 12.7. The highest BCUT2D eigenvalue weighted by molar-refractivity contribution is 7.81. The molecule has 2 aromatic carbocycles. The zero-order chi connectivity index (χ0) is 19.5. The fourth-order valence-corrected chi connectivity index (χ4v) is 3.23. The summed E-state index contributed by atoms with van der Waals surface area (Å²) in [6.07, 6.45) is 0. The number of aliphatic carboxylic acids is 1. The largest absolute Gasteiger partial charge is 0.495 e. The number of hydrogen-bond donors (Lipinski definition) is 1. The van der Waals surface area contributed by atoms with Crippen molar-refractivity contribution in [3.63, 3.8) is 0 Å². The number of benzene rings is 2. The number of fused-ring (bicyclic) bond motifs is 1. The highest BCUT2D eigenvalue weighted by atomic mass is 35.7. The van der Waals surface area contributed by atoms with Gasteiger partial charge in [0.15, 0.2) is 6.04 Å². The summed E-state index contributed by atoms with van der Waals surface area (Å²) in [6, 6.07) is 11.2. The summed E-state index contributed by atoms with van der Waals surface area (Å²) in [5.41, 5.74) is -0.806. The molecule has 2 aromatic rings. The van der Waals surface area contributed by atoms with Crippen LogP contribution in [0.1, 0.15) is 27.7 Å². The maximum Gasteiger partial charge on any atom is 0.495 e. The predicted octanol–water partition coefficient (Wildman–Crippen LogP) is 5.00. The van der Waals surface area contributed by atoms with Gasteiger partial charge >= 0.3 is 12.9 Å². The molecule has 7 nitrogen and oxygen atoms in total. The molecule has 2 rings (SSSR count). The van der Waals surface area contributed by atoms with Crippen molar-refractivity contribution in [1.82, 2.24) is 5.23 Å². The van der Waals surface area contributed by atoms with E-state index in [-0.39, 0.29) is 5.75 Å². The topological polar surface area (TPSA) is 85.3 Å². The van der Waals surface area contributed by atoms with E-state index in [1.807, 2.05) is 18.2 Å². The first-order valence-corrected chi connectivity index (χ1v) is 10.3. The van der Waals surface area contributed by atoms with Gasteiger partial charge in [-0.3, -0.25) is 9.63 Å². The fourth-order valence-electron chi connectivity index (χ4n) is 2.03. The Labute approximate surface area is 156 Å². The highest BCUT2D eigenvalue weighted by Crippen LogP contribution is 2.55. The van der Waals surface area contributed by atoms with E-state index in [1.54, 1.807) is 45.0 Å². The van der Waals surface area contributed by atoms with Gasteiger partial charge in [-0.2, -0.15) is 4.62 Å². The number of carboxylic acid groups (broad SMARTS) is 1. The first kappa shape index (κ1) is 20.7. The van der Waals surface area contributed by atoms with Crippen LogP contribution in [0.2, 0.25) is 0 Å². The molecular formula is C17H21ClNO6P.